The summed E-state index contributed by atoms with van der Waals surface area (Å²) in [5, 5.41) is 0. The Balaban J connectivity index is 0. The van der Waals surface area contributed by atoms with Crippen LogP contribution in [0.3, 0.4) is 0 Å². The number of hydrogen-bond donors (Lipinski definition) is 0. The van der Waals surface area contributed by atoms with Crippen molar-refractivity contribution in [2.24, 2.45) is 5.41 Å². The van der Waals surface area contributed by atoms with E-state index in [9.17, 15) is 0 Å². The first-order valence-corrected chi connectivity index (χ1v) is 5.63. The molecule has 0 aromatic heterocycles. The summed E-state index contributed by atoms with van der Waals surface area (Å²) in [4.78, 5) is 0. The van der Waals surface area contributed by atoms with Gasteiger partial charge in [0.05, 0.1) is 0 Å². The van der Waals surface area contributed by atoms with E-state index >= 15 is 0 Å². The highest BCUT2D eigenvalue weighted by atomic mass is 14.2. The molecule has 0 nitrogen and oxygen atoms in total. The summed E-state index contributed by atoms with van der Waals surface area (Å²) in [6, 6.07) is 0. The molecule has 0 aromatic rings. The zero-order chi connectivity index (χ0) is 10.9. The maximum atomic E-state index is 2.35. The highest BCUT2D eigenvalue weighted by Gasteiger charge is 2.16. The minimum Gasteiger partial charge on any atom is -0.0887 e. The lowest BCUT2D eigenvalue weighted by Gasteiger charge is -2.24. The molecule has 80 valence electrons. The Hall–Kier alpha value is -0.260. The molecule has 0 aliphatic heterocycles. The van der Waals surface area contributed by atoms with Gasteiger partial charge >= 0.3 is 0 Å². The van der Waals surface area contributed by atoms with Crippen LogP contribution in [0.5, 0.6) is 0 Å². The summed E-state index contributed by atoms with van der Waals surface area (Å²) < 4.78 is 0. The first-order chi connectivity index (χ1) is 6.02. The van der Waals surface area contributed by atoms with Gasteiger partial charge in [0.1, 0.15) is 0 Å². The third-order valence-electron chi connectivity index (χ3n) is 2.18. The van der Waals surface area contributed by atoms with Gasteiger partial charge in [0.2, 0.25) is 0 Å². The maximum Gasteiger partial charge on any atom is -0.0272 e. The molecule has 0 atom stereocenters. The molecule has 0 unspecified atom stereocenters. The Morgan fingerprint density at radius 1 is 1.23 bits per heavy atom. The second-order valence-corrected chi connectivity index (χ2v) is 4.23. The monoisotopic (exact) mass is 184 g/mol. The van der Waals surface area contributed by atoms with Gasteiger partial charge in [-0.25, -0.2) is 0 Å². The van der Waals surface area contributed by atoms with Gasteiger partial charge < -0.3 is 0 Å². The van der Waals surface area contributed by atoms with Crippen LogP contribution >= 0.6 is 0 Å². The summed E-state index contributed by atoms with van der Waals surface area (Å²) in [6.07, 6.45) is 6.09. The third-order valence-corrected chi connectivity index (χ3v) is 2.18. The van der Waals surface area contributed by atoms with Gasteiger partial charge in [-0.2, -0.15) is 0 Å². The van der Waals surface area contributed by atoms with E-state index in [0.29, 0.717) is 5.41 Å². The van der Waals surface area contributed by atoms with Crippen molar-refractivity contribution >= 4 is 0 Å². The highest BCUT2D eigenvalue weighted by Crippen LogP contribution is 2.29. The lowest BCUT2D eigenvalue weighted by molar-refractivity contribution is 0.328. The van der Waals surface area contributed by atoms with Crippen LogP contribution in [0.15, 0.2) is 11.6 Å². The second-order valence-electron chi connectivity index (χ2n) is 4.23. The van der Waals surface area contributed by atoms with Gasteiger partial charge in [0, 0.05) is 0 Å². The lowest BCUT2D eigenvalue weighted by Crippen LogP contribution is -2.10. The lowest BCUT2D eigenvalue weighted by atomic mass is 9.82. The van der Waals surface area contributed by atoms with E-state index in [2.05, 4.69) is 40.7 Å². The van der Waals surface area contributed by atoms with Crippen LogP contribution in [0.4, 0.5) is 0 Å². The van der Waals surface area contributed by atoms with E-state index in [4.69, 9.17) is 0 Å². The molecule has 0 fully saturated rings. The summed E-state index contributed by atoms with van der Waals surface area (Å²) in [5.74, 6) is 0. The molecule has 0 heteroatoms. The summed E-state index contributed by atoms with van der Waals surface area (Å²) in [5.41, 5.74) is 2.02. The van der Waals surface area contributed by atoms with Crippen molar-refractivity contribution in [3.63, 3.8) is 0 Å². The summed E-state index contributed by atoms with van der Waals surface area (Å²) >= 11 is 0. The van der Waals surface area contributed by atoms with Gasteiger partial charge in [0.25, 0.3) is 0 Å². The van der Waals surface area contributed by atoms with E-state index in [1.54, 1.807) is 0 Å². The van der Waals surface area contributed by atoms with Crippen molar-refractivity contribution in [3.05, 3.63) is 11.6 Å². The molecule has 0 saturated heterocycles. The van der Waals surface area contributed by atoms with Crippen LogP contribution in [-0.2, 0) is 0 Å². The van der Waals surface area contributed by atoms with Crippen LogP contribution in [-0.4, -0.2) is 0 Å². The van der Waals surface area contributed by atoms with Crippen LogP contribution in [0, 0.1) is 5.41 Å². The predicted molar refractivity (Wildman–Crippen MR) is 64.1 cm³/mol. The maximum absolute atomic E-state index is 2.35. The molecule has 0 N–H and O–H groups in total. The van der Waals surface area contributed by atoms with Gasteiger partial charge in [0.15, 0.2) is 0 Å². The fraction of sp³-hybridized carbons (Fsp3) is 0.846. The number of rotatable bonds is 4. The van der Waals surface area contributed by atoms with Crippen molar-refractivity contribution in [3.8, 4) is 0 Å². The molecular weight excluding hydrogens is 156 g/mol. The molecule has 0 saturated carbocycles. The molecule has 0 radical (unpaired) electrons. The van der Waals surface area contributed by atoms with Crippen molar-refractivity contribution in [1.29, 1.82) is 0 Å². The molecule has 0 amide bonds. The SMILES string of the molecule is C/C=C(\C)CC(C)(C)CCC.CC. The normalized spacial score (nSPS) is 12.1. The predicted octanol–water partition coefficient (Wildman–Crippen LogP) is 5.20. The average molecular weight is 184 g/mol. The zero-order valence-electron chi connectivity index (χ0n) is 10.7. The number of hydrogen-bond acceptors (Lipinski definition) is 0. The molecule has 0 rings (SSSR count). The Labute approximate surface area is 85.4 Å². The Morgan fingerprint density at radius 3 is 2.00 bits per heavy atom. The average Bonchev–Trinajstić information content (AvgIpc) is 2.07. The molecule has 0 aliphatic carbocycles. The topological polar surface area (TPSA) is 0 Å². The molecule has 0 heterocycles. The third kappa shape index (κ3) is 9.66. The minimum atomic E-state index is 0.505. The van der Waals surface area contributed by atoms with Gasteiger partial charge in [-0.3, -0.25) is 0 Å². The van der Waals surface area contributed by atoms with Crippen molar-refractivity contribution < 1.29 is 0 Å². The standard InChI is InChI=1S/C11H22.C2H6/c1-6-8-11(4,5)9-10(3)7-2;1-2/h7H,6,8-9H2,1-5H3;1-2H3/b10-7+;. The molecule has 0 bridgehead atoms. The van der Waals surface area contributed by atoms with Gasteiger partial charge in [-0.1, -0.05) is 52.7 Å². The van der Waals surface area contributed by atoms with Crippen molar-refractivity contribution in [1.82, 2.24) is 0 Å². The minimum absolute atomic E-state index is 0.505. The molecule has 0 aromatic carbocycles. The van der Waals surface area contributed by atoms with Crippen molar-refractivity contribution in [2.45, 2.75) is 67.7 Å². The largest absolute Gasteiger partial charge is 0.0887 e. The quantitative estimate of drug-likeness (QED) is 0.527. The van der Waals surface area contributed by atoms with Crippen LogP contribution in [0.25, 0.3) is 0 Å². The highest BCUT2D eigenvalue weighted by molar-refractivity contribution is 4.99. The first kappa shape index (κ1) is 15.2. The smallest absolute Gasteiger partial charge is 0.0272 e. The molecule has 0 aliphatic rings. The molecular formula is C13H28. The van der Waals surface area contributed by atoms with Gasteiger partial charge in [-0.15, -0.1) is 0 Å². The van der Waals surface area contributed by atoms with E-state index in [-0.39, 0.29) is 0 Å². The molecule has 0 spiro atoms. The first-order valence-electron chi connectivity index (χ1n) is 5.63. The fourth-order valence-corrected chi connectivity index (χ4v) is 1.62. The fourth-order valence-electron chi connectivity index (χ4n) is 1.62. The van der Waals surface area contributed by atoms with E-state index in [1.165, 1.54) is 24.8 Å². The molecule has 13 heavy (non-hydrogen) atoms. The van der Waals surface area contributed by atoms with Crippen LogP contribution in [0.2, 0.25) is 0 Å². The van der Waals surface area contributed by atoms with Crippen LogP contribution < -0.4 is 0 Å². The number of allylic oxidation sites excluding steroid dienone is 2. The summed E-state index contributed by atoms with van der Waals surface area (Å²) in [6.45, 7) is 15.3. The zero-order valence-corrected chi connectivity index (χ0v) is 10.7. The van der Waals surface area contributed by atoms with Crippen molar-refractivity contribution in [2.75, 3.05) is 0 Å². The Morgan fingerprint density at radius 2 is 1.69 bits per heavy atom. The van der Waals surface area contributed by atoms with Crippen LogP contribution in [0.1, 0.15) is 67.7 Å². The van der Waals surface area contributed by atoms with Gasteiger partial charge in [-0.05, 0) is 32.1 Å². The second kappa shape index (κ2) is 8.34. The van der Waals surface area contributed by atoms with E-state index in [1.807, 2.05) is 13.8 Å². The van der Waals surface area contributed by atoms with E-state index in [0.717, 1.165) is 0 Å². The van der Waals surface area contributed by atoms with E-state index < -0.39 is 0 Å². The Bertz CT molecular complexity index is 129. The Kier molecular flexibility index (Phi) is 9.77. The summed E-state index contributed by atoms with van der Waals surface area (Å²) in [7, 11) is 0.